The largest absolute Gasteiger partial charge is 0.390 e. The van der Waals surface area contributed by atoms with Crippen LogP contribution in [0, 0.1) is 0 Å². The average molecular weight is 200 g/mol. The molecule has 0 saturated carbocycles. The molecule has 14 heavy (non-hydrogen) atoms. The summed E-state index contributed by atoms with van der Waals surface area (Å²) in [5.41, 5.74) is 0. The maximum atomic E-state index is 9.50. The summed E-state index contributed by atoms with van der Waals surface area (Å²) in [7, 11) is 0. The molecule has 1 aliphatic rings. The Kier molecular flexibility index (Phi) is 6.15. The van der Waals surface area contributed by atoms with E-state index in [9.17, 15) is 5.11 Å². The van der Waals surface area contributed by atoms with Gasteiger partial charge in [0, 0.05) is 19.1 Å². The first kappa shape index (κ1) is 12.0. The van der Waals surface area contributed by atoms with E-state index in [2.05, 4.69) is 17.6 Å². The van der Waals surface area contributed by atoms with Crippen molar-refractivity contribution < 1.29 is 5.11 Å². The van der Waals surface area contributed by atoms with Gasteiger partial charge in [0.1, 0.15) is 0 Å². The molecular formula is C11H24N2O. The summed E-state index contributed by atoms with van der Waals surface area (Å²) in [6, 6.07) is 0.279. The van der Waals surface area contributed by atoms with Crippen LogP contribution >= 0.6 is 0 Å². The molecule has 0 bridgehead atoms. The molecule has 0 radical (unpaired) electrons. The number of hydrogen-bond acceptors (Lipinski definition) is 3. The van der Waals surface area contributed by atoms with Crippen LogP contribution in [0.15, 0.2) is 0 Å². The summed E-state index contributed by atoms with van der Waals surface area (Å²) < 4.78 is 0. The lowest BCUT2D eigenvalue weighted by molar-refractivity contribution is 0.163. The van der Waals surface area contributed by atoms with E-state index in [0.717, 1.165) is 19.6 Å². The zero-order chi connectivity index (χ0) is 10.2. The molecule has 3 N–H and O–H groups in total. The maximum Gasteiger partial charge on any atom is 0.0829 e. The molecule has 3 heteroatoms. The second-order valence-corrected chi connectivity index (χ2v) is 4.20. The fourth-order valence-electron chi connectivity index (χ4n) is 1.89. The van der Waals surface area contributed by atoms with Gasteiger partial charge in [-0.05, 0) is 13.0 Å². The monoisotopic (exact) mass is 200 g/mol. The molecule has 1 aliphatic heterocycles. The van der Waals surface area contributed by atoms with E-state index >= 15 is 0 Å². The highest BCUT2D eigenvalue weighted by Crippen LogP contribution is 2.03. The van der Waals surface area contributed by atoms with Crippen LogP contribution in [0.2, 0.25) is 0 Å². The highest BCUT2D eigenvalue weighted by molar-refractivity contribution is 4.85. The Morgan fingerprint density at radius 1 is 1.21 bits per heavy atom. The quantitative estimate of drug-likeness (QED) is 0.535. The van der Waals surface area contributed by atoms with Crippen molar-refractivity contribution in [2.24, 2.45) is 0 Å². The van der Waals surface area contributed by atoms with E-state index in [0.29, 0.717) is 0 Å². The van der Waals surface area contributed by atoms with Crippen LogP contribution in [0.4, 0.5) is 0 Å². The summed E-state index contributed by atoms with van der Waals surface area (Å²) in [5, 5.41) is 16.1. The number of rotatable bonds is 7. The molecule has 0 aromatic rings. The molecule has 3 nitrogen and oxygen atoms in total. The third kappa shape index (κ3) is 4.40. The minimum Gasteiger partial charge on any atom is -0.390 e. The standard InChI is InChI=1S/C11H24N2O/c1-2-3-4-5-6-7-13-10-8-12-9-11(10)14/h10-14H,2-9H2,1H3/t10-,11-/m1/s1. The summed E-state index contributed by atoms with van der Waals surface area (Å²) in [6.45, 7) is 4.94. The number of hydrogen-bond donors (Lipinski definition) is 3. The van der Waals surface area contributed by atoms with Gasteiger partial charge in [-0.2, -0.15) is 0 Å². The van der Waals surface area contributed by atoms with Gasteiger partial charge >= 0.3 is 0 Å². The van der Waals surface area contributed by atoms with Gasteiger partial charge in [-0.3, -0.25) is 0 Å². The molecule has 1 saturated heterocycles. The van der Waals surface area contributed by atoms with Gasteiger partial charge in [0.2, 0.25) is 0 Å². The molecule has 0 amide bonds. The van der Waals surface area contributed by atoms with Crippen LogP contribution in [0.25, 0.3) is 0 Å². The first-order chi connectivity index (χ1) is 6.84. The van der Waals surface area contributed by atoms with E-state index in [1.165, 1.54) is 32.1 Å². The lowest BCUT2D eigenvalue weighted by atomic mass is 10.1. The first-order valence-electron chi connectivity index (χ1n) is 5.96. The van der Waals surface area contributed by atoms with Gasteiger partial charge in [-0.25, -0.2) is 0 Å². The van der Waals surface area contributed by atoms with Crippen molar-refractivity contribution in [2.75, 3.05) is 19.6 Å². The molecule has 84 valence electrons. The number of β-amino-alcohol motifs (C(OH)–C–C–N with tert-alkyl or cyclic N) is 1. The summed E-state index contributed by atoms with van der Waals surface area (Å²) >= 11 is 0. The van der Waals surface area contributed by atoms with Crippen LogP contribution in [-0.2, 0) is 0 Å². The van der Waals surface area contributed by atoms with E-state index in [-0.39, 0.29) is 12.1 Å². The third-order valence-corrected chi connectivity index (χ3v) is 2.87. The lowest BCUT2D eigenvalue weighted by Crippen LogP contribution is -2.39. The molecule has 1 fully saturated rings. The van der Waals surface area contributed by atoms with Gasteiger partial charge in [0.15, 0.2) is 0 Å². The Bertz CT molecular complexity index is 141. The number of unbranched alkanes of at least 4 members (excludes halogenated alkanes) is 4. The van der Waals surface area contributed by atoms with Gasteiger partial charge < -0.3 is 15.7 Å². The first-order valence-corrected chi connectivity index (χ1v) is 5.96. The second-order valence-electron chi connectivity index (χ2n) is 4.20. The number of aliphatic hydroxyl groups excluding tert-OH is 1. The van der Waals surface area contributed by atoms with E-state index in [1.807, 2.05) is 0 Å². The Morgan fingerprint density at radius 3 is 2.64 bits per heavy atom. The fourth-order valence-corrected chi connectivity index (χ4v) is 1.89. The lowest BCUT2D eigenvalue weighted by Gasteiger charge is -2.14. The second kappa shape index (κ2) is 7.21. The highest BCUT2D eigenvalue weighted by Gasteiger charge is 2.23. The smallest absolute Gasteiger partial charge is 0.0829 e. The van der Waals surface area contributed by atoms with Crippen LogP contribution in [0.3, 0.4) is 0 Å². The molecule has 1 rings (SSSR count). The van der Waals surface area contributed by atoms with Crippen molar-refractivity contribution >= 4 is 0 Å². The average Bonchev–Trinajstić information content (AvgIpc) is 2.58. The molecule has 1 heterocycles. The summed E-state index contributed by atoms with van der Waals surface area (Å²) in [5.74, 6) is 0. The molecule has 2 atom stereocenters. The molecule has 0 unspecified atom stereocenters. The van der Waals surface area contributed by atoms with Crippen molar-refractivity contribution in [3.8, 4) is 0 Å². The Labute approximate surface area is 87.3 Å². The van der Waals surface area contributed by atoms with E-state index in [4.69, 9.17) is 0 Å². The van der Waals surface area contributed by atoms with E-state index in [1.54, 1.807) is 0 Å². The number of aliphatic hydroxyl groups is 1. The van der Waals surface area contributed by atoms with Gasteiger partial charge in [-0.15, -0.1) is 0 Å². The predicted octanol–water partition coefficient (Wildman–Crippen LogP) is 0.879. The minimum atomic E-state index is -0.189. The zero-order valence-electron chi connectivity index (χ0n) is 9.26. The normalized spacial score (nSPS) is 27.0. The van der Waals surface area contributed by atoms with E-state index < -0.39 is 0 Å². The summed E-state index contributed by atoms with van der Waals surface area (Å²) in [4.78, 5) is 0. The van der Waals surface area contributed by atoms with Gasteiger partial charge in [0.25, 0.3) is 0 Å². The van der Waals surface area contributed by atoms with Gasteiger partial charge in [0.05, 0.1) is 6.10 Å². The highest BCUT2D eigenvalue weighted by atomic mass is 16.3. The molecule has 0 spiro atoms. The van der Waals surface area contributed by atoms with Crippen molar-refractivity contribution in [1.29, 1.82) is 0 Å². The van der Waals surface area contributed by atoms with Crippen LogP contribution in [0.1, 0.15) is 39.0 Å². The predicted molar refractivity (Wildman–Crippen MR) is 59.4 cm³/mol. The van der Waals surface area contributed by atoms with Crippen molar-refractivity contribution in [3.05, 3.63) is 0 Å². The Balaban J connectivity index is 1.88. The van der Waals surface area contributed by atoms with Crippen LogP contribution in [0.5, 0.6) is 0 Å². The zero-order valence-corrected chi connectivity index (χ0v) is 9.26. The molecule has 0 aromatic heterocycles. The number of nitrogens with one attached hydrogen (secondary N) is 2. The van der Waals surface area contributed by atoms with Crippen LogP contribution < -0.4 is 10.6 Å². The Morgan fingerprint density at radius 2 is 2.00 bits per heavy atom. The van der Waals surface area contributed by atoms with Crippen LogP contribution in [-0.4, -0.2) is 36.9 Å². The molecular weight excluding hydrogens is 176 g/mol. The SMILES string of the molecule is CCCCCCCN[C@@H]1CNC[C@H]1O. The fraction of sp³-hybridized carbons (Fsp3) is 1.00. The molecule has 0 aliphatic carbocycles. The van der Waals surface area contributed by atoms with Crippen molar-refractivity contribution in [2.45, 2.75) is 51.2 Å². The van der Waals surface area contributed by atoms with Gasteiger partial charge in [-0.1, -0.05) is 32.6 Å². The molecule has 0 aromatic carbocycles. The Hall–Kier alpha value is -0.120. The van der Waals surface area contributed by atoms with Crippen molar-refractivity contribution in [3.63, 3.8) is 0 Å². The third-order valence-electron chi connectivity index (χ3n) is 2.87. The topological polar surface area (TPSA) is 44.3 Å². The maximum absolute atomic E-state index is 9.50. The summed E-state index contributed by atoms with van der Waals surface area (Å²) in [6.07, 6.45) is 6.38. The minimum absolute atomic E-state index is 0.189. The van der Waals surface area contributed by atoms with Crippen molar-refractivity contribution in [1.82, 2.24) is 10.6 Å².